The van der Waals surface area contributed by atoms with E-state index in [0.29, 0.717) is 0 Å². The van der Waals surface area contributed by atoms with Gasteiger partial charge in [-0.25, -0.2) is 0 Å². The van der Waals surface area contributed by atoms with Crippen LogP contribution >= 0.6 is 0 Å². The predicted octanol–water partition coefficient (Wildman–Crippen LogP) is 4.09. The molecule has 1 aliphatic carbocycles. The van der Waals surface area contributed by atoms with E-state index >= 15 is 0 Å². The third-order valence-corrected chi connectivity index (χ3v) is 4.23. The van der Waals surface area contributed by atoms with E-state index in [1.807, 2.05) is 0 Å². The number of hydrogen-bond donors (Lipinski definition) is 1. The molecule has 2 aromatic carbocycles. The summed E-state index contributed by atoms with van der Waals surface area (Å²) in [5.41, 5.74) is 11.6. The Morgan fingerprint density at radius 2 is 1.76 bits per heavy atom. The van der Waals surface area contributed by atoms with Crippen LogP contribution < -0.4 is 10.5 Å². The van der Waals surface area contributed by atoms with Gasteiger partial charge < -0.3 is 10.5 Å². The summed E-state index contributed by atoms with van der Waals surface area (Å²) in [4.78, 5) is 0. The molecule has 2 heteroatoms. The van der Waals surface area contributed by atoms with Gasteiger partial charge in [-0.05, 0) is 67.5 Å². The van der Waals surface area contributed by atoms with Crippen LogP contribution in [0.5, 0.6) is 5.75 Å². The van der Waals surface area contributed by atoms with Crippen molar-refractivity contribution in [2.45, 2.75) is 45.3 Å². The van der Waals surface area contributed by atoms with Crippen molar-refractivity contribution in [1.82, 2.24) is 0 Å². The topological polar surface area (TPSA) is 35.2 Å². The van der Waals surface area contributed by atoms with Crippen LogP contribution in [0.15, 0.2) is 42.5 Å². The van der Waals surface area contributed by atoms with E-state index in [4.69, 9.17) is 10.5 Å². The number of aryl methyl sites for hydroxylation is 3. The Labute approximate surface area is 126 Å². The second-order valence-corrected chi connectivity index (χ2v) is 6.10. The summed E-state index contributed by atoms with van der Waals surface area (Å²) in [7, 11) is 0. The third-order valence-electron chi connectivity index (χ3n) is 4.23. The van der Waals surface area contributed by atoms with Gasteiger partial charge in [0.25, 0.3) is 0 Å². The van der Waals surface area contributed by atoms with Gasteiger partial charge >= 0.3 is 0 Å². The molecule has 0 aromatic heterocycles. The van der Waals surface area contributed by atoms with E-state index in [9.17, 15) is 0 Å². The van der Waals surface area contributed by atoms with Crippen molar-refractivity contribution in [3.05, 3.63) is 64.7 Å². The minimum Gasteiger partial charge on any atom is -0.488 e. The molecule has 3 rings (SSSR count). The van der Waals surface area contributed by atoms with Gasteiger partial charge in [0, 0.05) is 0 Å². The molecule has 0 saturated heterocycles. The molecular formula is C19H23NO. The number of rotatable bonds is 2. The lowest BCUT2D eigenvalue weighted by atomic mass is 9.98. The fourth-order valence-corrected chi connectivity index (χ4v) is 3.27. The van der Waals surface area contributed by atoms with E-state index < -0.39 is 0 Å². The highest BCUT2D eigenvalue weighted by atomic mass is 16.5. The summed E-state index contributed by atoms with van der Waals surface area (Å²) in [6, 6.07) is 14.8. The Bertz CT molecular complexity index is 615. The van der Waals surface area contributed by atoms with Gasteiger partial charge in [0.05, 0.1) is 6.04 Å². The van der Waals surface area contributed by atoms with Crippen molar-refractivity contribution in [1.29, 1.82) is 0 Å². The summed E-state index contributed by atoms with van der Waals surface area (Å²) >= 11 is 0. The lowest BCUT2D eigenvalue weighted by molar-refractivity contribution is 0.162. The maximum absolute atomic E-state index is 6.49. The molecule has 21 heavy (non-hydrogen) atoms. The van der Waals surface area contributed by atoms with Gasteiger partial charge in [-0.15, -0.1) is 0 Å². The number of nitrogens with two attached hydrogens (primary N) is 1. The maximum Gasteiger partial charge on any atom is 0.120 e. The Balaban J connectivity index is 1.85. The van der Waals surface area contributed by atoms with Gasteiger partial charge in [0.15, 0.2) is 0 Å². The van der Waals surface area contributed by atoms with Crippen molar-refractivity contribution in [2.75, 3.05) is 0 Å². The molecule has 0 amide bonds. The number of benzene rings is 2. The van der Waals surface area contributed by atoms with E-state index in [1.54, 1.807) is 0 Å². The van der Waals surface area contributed by atoms with Gasteiger partial charge in [-0.2, -0.15) is 0 Å². The minimum absolute atomic E-state index is 0.0508. The van der Waals surface area contributed by atoms with E-state index in [1.165, 1.54) is 22.3 Å². The highest BCUT2D eigenvalue weighted by molar-refractivity contribution is 5.35. The minimum atomic E-state index is -0.0514. The SMILES string of the molecule is Cc1cc(C)cc(OC2CCCc3ccccc3C2N)c1. The van der Waals surface area contributed by atoms with Gasteiger partial charge in [0.1, 0.15) is 11.9 Å². The largest absolute Gasteiger partial charge is 0.488 e. The molecule has 0 spiro atoms. The maximum atomic E-state index is 6.49. The number of ether oxygens (including phenoxy) is 1. The smallest absolute Gasteiger partial charge is 0.120 e. The fraction of sp³-hybridized carbons (Fsp3) is 0.368. The average molecular weight is 281 g/mol. The molecule has 0 saturated carbocycles. The molecule has 1 aliphatic rings. The first kappa shape index (κ1) is 14.2. The van der Waals surface area contributed by atoms with Crippen molar-refractivity contribution in [3.63, 3.8) is 0 Å². The Morgan fingerprint density at radius 1 is 1.05 bits per heavy atom. The zero-order chi connectivity index (χ0) is 14.8. The van der Waals surface area contributed by atoms with Crippen LogP contribution in [0.3, 0.4) is 0 Å². The normalized spacial score (nSPS) is 21.5. The summed E-state index contributed by atoms with van der Waals surface area (Å²) in [6.45, 7) is 4.20. The Hall–Kier alpha value is -1.80. The fourth-order valence-electron chi connectivity index (χ4n) is 3.27. The average Bonchev–Trinajstić information content (AvgIpc) is 2.59. The zero-order valence-corrected chi connectivity index (χ0v) is 12.8. The van der Waals surface area contributed by atoms with E-state index in [-0.39, 0.29) is 12.1 Å². The highest BCUT2D eigenvalue weighted by Crippen LogP contribution is 2.30. The third kappa shape index (κ3) is 3.11. The lowest BCUT2D eigenvalue weighted by Gasteiger charge is -2.24. The van der Waals surface area contributed by atoms with Gasteiger partial charge in [0.2, 0.25) is 0 Å². The molecule has 0 aliphatic heterocycles. The molecule has 2 N–H and O–H groups in total. The monoisotopic (exact) mass is 281 g/mol. The Kier molecular flexibility index (Phi) is 3.98. The summed E-state index contributed by atoms with van der Waals surface area (Å²) in [6.07, 6.45) is 3.27. The first-order chi connectivity index (χ1) is 10.1. The first-order valence-electron chi connectivity index (χ1n) is 7.72. The van der Waals surface area contributed by atoms with Crippen LogP contribution in [0, 0.1) is 13.8 Å². The molecule has 0 heterocycles. The second-order valence-electron chi connectivity index (χ2n) is 6.10. The summed E-state index contributed by atoms with van der Waals surface area (Å²) < 4.78 is 6.24. The zero-order valence-electron chi connectivity index (χ0n) is 12.8. The van der Waals surface area contributed by atoms with Crippen LogP contribution in [-0.2, 0) is 6.42 Å². The van der Waals surface area contributed by atoms with Crippen molar-refractivity contribution in [2.24, 2.45) is 5.73 Å². The molecule has 0 fully saturated rings. The van der Waals surface area contributed by atoms with E-state index in [2.05, 4.69) is 56.3 Å². The summed E-state index contributed by atoms with van der Waals surface area (Å²) in [5, 5.41) is 0. The molecular weight excluding hydrogens is 258 g/mol. The number of fused-ring (bicyclic) bond motifs is 1. The Morgan fingerprint density at radius 3 is 2.52 bits per heavy atom. The quantitative estimate of drug-likeness (QED) is 0.842. The summed E-state index contributed by atoms with van der Waals surface area (Å²) in [5.74, 6) is 0.937. The van der Waals surface area contributed by atoms with Crippen molar-refractivity contribution >= 4 is 0 Å². The highest BCUT2D eigenvalue weighted by Gasteiger charge is 2.26. The van der Waals surface area contributed by atoms with Crippen LogP contribution in [0.4, 0.5) is 0 Å². The standard InChI is InChI=1S/C19H23NO/c1-13-10-14(2)12-16(11-13)21-18-9-5-7-15-6-3-4-8-17(15)19(18)20/h3-4,6,8,10-12,18-19H,5,7,9,20H2,1-2H3. The lowest BCUT2D eigenvalue weighted by Crippen LogP contribution is -2.31. The molecule has 2 aromatic rings. The second kappa shape index (κ2) is 5.90. The van der Waals surface area contributed by atoms with Crippen LogP contribution in [0.2, 0.25) is 0 Å². The van der Waals surface area contributed by atoms with Crippen LogP contribution in [0.25, 0.3) is 0 Å². The molecule has 2 atom stereocenters. The van der Waals surface area contributed by atoms with Gasteiger partial charge in [-0.3, -0.25) is 0 Å². The first-order valence-corrected chi connectivity index (χ1v) is 7.72. The molecule has 2 nitrogen and oxygen atoms in total. The van der Waals surface area contributed by atoms with Gasteiger partial charge in [-0.1, -0.05) is 30.3 Å². The van der Waals surface area contributed by atoms with Crippen LogP contribution in [0.1, 0.15) is 41.1 Å². The van der Waals surface area contributed by atoms with Crippen molar-refractivity contribution in [3.8, 4) is 5.75 Å². The number of hydrogen-bond acceptors (Lipinski definition) is 2. The van der Waals surface area contributed by atoms with Crippen LogP contribution in [-0.4, -0.2) is 6.10 Å². The molecule has 2 unspecified atom stereocenters. The molecule has 110 valence electrons. The molecule has 0 radical (unpaired) electrons. The van der Waals surface area contributed by atoms with E-state index in [0.717, 1.165) is 25.0 Å². The van der Waals surface area contributed by atoms with Crippen molar-refractivity contribution < 1.29 is 4.74 Å². The predicted molar refractivity (Wildman–Crippen MR) is 86.6 cm³/mol. The molecule has 0 bridgehead atoms.